The Morgan fingerprint density at radius 3 is 1.28 bits per heavy atom. The predicted octanol–water partition coefficient (Wildman–Crippen LogP) is 3.48. The Kier molecular flexibility index (Phi) is 3.85. The second-order valence-corrected chi connectivity index (χ2v) is 7.79. The van der Waals surface area contributed by atoms with Crippen LogP contribution in [0.1, 0.15) is 52.9 Å². The molecule has 0 saturated heterocycles. The van der Waals surface area contributed by atoms with E-state index in [4.69, 9.17) is 5.41 Å². The van der Waals surface area contributed by atoms with Gasteiger partial charge < -0.3 is 9.13 Å². The molecule has 1 heterocycles. The molecule has 0 aliphatic carbocycles. The van der Waals surface area contributed by atoms with E-state index in [1.54, 1.807) is 0 Å². The molecular formula is C15H29N3. The van der Waals surface area contributed by atoms with E-state index in [1.165, 1.54) is 11.4 Å². The molecule has 0 radical (unpaired) electrons. The third-order valence-corrected chi connectivity index (χ3v) is 3.11. The van der Waals surface area contributed by atoms with Crippen molar-refractivity contribution >= 4 is 0 Å². The maximum absolute atomic E-state index is 8.39. The third kappa shape index (κ3) is 3.50. The lowest BCUT2D eigenvalue weighted by Gasteiger charge is -2.21. The van der Waals surface area contributed by atoms with Crippen LogP contribution in [0.2, 0.25) is 0 Å². The second kappa shape index (κ2) is 4.60. The van der Waals surface area contributed by atoms with E-state index in [9.17, 15) is 0 Å². The maximum Gasteiger partial charge on any atom is 0.202 e. The highest BCUT2D eigenvalue weighted by molar-refractivity contribution is 5.11. The summed E-state index contributed by atoms with van der Waals surface area (Å²) in [6.07, 6.45) is 0. The summed E-state index contributed by atoms with van der Waals surface area (Å²) < 4.78 is 4.28. The van der Waals surface area contributed by atoms with Gasteiger partial charge in [-0.2, -0.15) is 0 Å². The normalized spacial score (nSPS) is 13.1. The molecule has 1 rings (SSSR count). The number of rotatable bonds is 2. The minimum atomic E-state index is 0.200. The molecule has 1 aromatic rings. The molecule has 18 heavy (non-hydrogen) atoms. The Hall–Kier alpha value is -0.990. The molecule has 0 atom stereocenters. The lowest BCUT2D eigenvalue weighted by atomic mass is 9.97. The van der Waals surface area contributed by atoms with Crippen molar-refractivity contribution in [3.8, 4) is 0 Å². The molecule has 0 aromatic carbocycles. The van der Waals surface area contributed by atoms with Gasteiger partial charge in [-0.05, 0) is 24.7 Å². The van der Waals surface area contributed by atoms with E-state index < -0.39 is 0 Å². The first-order valence-corrected chi connectivity index (χ1v) is 6.73. The first-order chi connectivity index (χ1) is 7.92. The third-order valence-electron chi connectivity index (χ3n) is 3.11. The summed E-state index contributed by atoms with van der Waals surface area (Å²) in [7, 11) is 0. The maximum atomic E-state index is 8.39. The van der Waals surface area contributed by atoms with Gasteiger partial charge in [0.15, 0.2) is 0 Å². The highest BCUT2D eigenvalue weighted by Crippen LogP contribution is 2.20. The molecule has 104 valence electrons. The lowest BCUT2D eigenvalue weighted by molar-refractivity contribution is 0.311. The molecule has 0 aliphatic rings. The predicted molar refractivity (Wildman–Crippen MR) is 76.7 cm³/mol. The van der Waals surface area contributed by atoms with E-state index in [1.807, 2.05) is 0 Å². The molecule has 0 amide bonds. The van der Waals surface area contributed by atoms with Crippen molar-refractivity contribution in [1.29, 1.82) is 5.41 Å². The molecule has 0 fully saturated rings. The molecule has 0 unspecified atom stereocenters. The molecule has 1 N–H and O–H groups in total. The van der Waals surface area contributed by atoms with Gasteiger partial charge in [0, 0.05) is 24.5 Å². The molecule has 0 saturated carbocycles. The van der Waals surface area contributed by atoms with Crippen LogP contribution in [0.5, 0.6) is 0 Å². The van der Waals surface area contributed by atoms with Crippen molar-refractivity contribution in [2.45, 2.75) is 68.5 Å². The van der Waals surface area contributed by atoms with Crippen LogP contribution in [0, 0.1) is 30.1 Å². The fourth-order valence-corrected chi connectivity index (χ4v) is 2.19. The molecule has 0 aliphatic heterocycles. The first kappa shape index (κ1) is 15.1. The van der Waals surface area contributed by atoms with Crippen molar-refractivity contribution in [2.24, 2.45) is 10.8 Å². The largest absolute Gasteiger partial charge is 0.314 e. The monoisotopic (exact) mass is 251 g/mol. The van der Waals surface area contributed by atoms with Crippen LogP contribution >= 0.6 is 0 Å². The summed E-state index contributed by atoms with van der Waals surface area (Å²) in [5.74, 6) is 0. The lowest BCUT2D eigenvalue weighted by Crippen LogP contribution is -2.32. The molecule has 0 bridgehead atoms. The zero-order valence-corrected chi connectivity index (χ0v) is 13.3. The zero-order valence-electron chi connectivity index (χ0n) is 13.3. The average Bonchev–Trinajstić information content (AvgIpc) is 2.31. The van der Waals surface area contributed by atoms with Crippen molar-refractivity contribution in [3.63, 3.8) is 0 Å². The Morgan fingerprint density at radius 1 is 0.778 bits per heavy atom. The average molecular weight is 251 g/mol. The van der Waals surface area contributed by atoms with Crippen molar-refractivity contribution < 1.29 is 0 Å². The standard InChI is InChI=1S/C15H29N3/c1-11-12(2)18(10-15(6,7)8)13(16)17(11)9-14(3,4)5/h16H,9-10H2,1-8H3. The highest BCUT2D eigenvalue weighted by atomic mass is 15.2. The quantitative estimate of drug-likeness (QED) is 0.835. The Labute approximate surface area is 111 Å². The van der Waals surface area contributed by atoms with E-state index in [0.717, 1.165) is 13.1 Å². The number of imidazole rings is 1. The fraction of sp³-hybridized carbons (Fsp3) is 0.800. The van der Waals surface area contributed by atoms with E-state index in [2.05, 4.69) is 64.5 Å². The van der Waals surface area contributed by atoms with Crippen molar-refractivity contribution in [2.75, 3.05) is 0 Å². The van der Waals surface area contributed by atoms with Gasteiger partial charge in [-0.3, -0.25) is 5.41 Å². The number of aromatic nitrogens is 2. The van der Waals surface area contributed by atoms with E-state index in [-0.39, 0.29) is 10.8 Å². The summed E-state index contributed by atoms with van der Waals surface area (Å²) >= 11 is 0. The minimum absolute atomic E-state index is 0.200. The van der Waals surface area contributed by atoms with E-state index in [0.29, 0.717) is 5.62 Å². The van der Waals surface area contributed by atoms with Gasteiger partial charge in [-0.15, -0.1) is 0 Å². The number of hydrogen-bond donors (Lipinski definition) is 1. The molecule has 3 heteroatoms. The summed E-state index contributed by atoms with van der Waals surface area (Å²) in [5.41, 5.74) is 3.48. The summed E-state index contributed by atoms with van der Waals surface area (Å²) in [6.45, 7) is 19.3. The number of hydrogen-bond acceptors (Lipinski definition) is 1. The van der Waals surface area contributed by atoms with Gasteiger partial charge >= 0.3 is 0 Å². The fourth-order valence-electron chi connectivity index (χ4n) is 2.19. The van der Waals surface area contributed by atoms with Crippen LogP contribution in [0.4, 0.5) is 0 Å². The minimum Gasteiger partial charge on any atom is -0.314 e. The second-order valence-electron chi connectivity index (χ2n) is 7.79. The molecule has 0 spiro atoms. The van der Waals surface area contributed by atoms with Gasteiger partial charge in [0.05, 0.1) is 0 Å². The van der Waals surface area contributed by atoms with Gasteiger partial charge in [0.1, 0.15) is 0 Å². The summed E-state index contributed by atoms with van der Waals surface area (Å²) in [5, 5.41) is 8.39. The zero-order chi connectivity index (χ0) is 14.3. The van der Waals surface area contributed by atoms with Crippen molar-refractivity contribution in [1.82, 2.24) is 9.13 Å². The first-order valence-electron chi connectivity index (χ1n) is 6.73. The van der Waals surface area contributed by atoms with Crippen LogP contribution in [-0.2, 0) is 13.1 Å². The highest BCUT2D eigenvalue weighted by Gasteiger charge is 2.20. The van der Waals surface area contributed by atoms with Crippen LogP contribution in [0.15, 0.2) is 0 Å². The number of nitrogens with zero attached hydrogens (tertiary/aromatic N) is 2. The Balaban J connectivity index is 3.25. The van der Waals surface area contributed by atoms with Gasteiger partial charge in [0.2, 0.25) is 5.62 Å². The smallest absolute Gasteiger partial charge is 0.202 e. The summed E-state index contributed by atoms with van der Waals surface area (Å²) in [6, 6.07) is 0. The van der Waals surface area contributed by atoms with Crippen LogP contribution in [0.3, 0.4) is 0 Å². The van der Waals surface area contributed by atoms with Crippen LogP contribution < -0.4 is 5.62 Å². The van der Waals surface area contributed by atoms with Crippen LogP contribution in [0.25, 0.3) is 0 Å². The Bertz CT molecular complexity index is 433. The van der Waals surface area contributed by atoms with Gasteiger partial charge in [-0.1, -0.05) is 41.5 Å². The molecule has 1 aromatic heterocycles. The van der Waals surface area contributed by atoms with Crippen LogP contribution in [-0.4, -0.2) is 9.13 Å². The molecular weight excluding hydrogens is 222 g/mol. The Morgan fingerprint density at radius 2 is 1.06 bits per heavy atom. The van der Waals surface area contributed by atoms with Crippen molar-refractivity contribution in [3.05, 3.63) is 17.0 Å². The SMILES string of the molecule is Cc1c(C)n(CC(C)(C)C)c(=N)n1CC(C)(C)C. The topological polar surface area (TPSA) is 33.7 Å². The van der Waals surface area contributed by atoms with E-state index >= 15 is 0 Å². The van der Waals surface area contributed by atoms with Gasteiger partial charge in [-0.25, -0.2) is 0 Å². The number of nitrogens with one attached hydrogen (secondary N) is 1. The van der Waals surface area contributed by atoms with Gasteiger partial charge in [0.25, 0.3) is 0 Å². The summed E-state index contributed by atoms with van der Waals surface area (Å²) in [4.78, 5) is 0. The molecule has 3 nitrogen and oxygen atoms in total.